The Balaban J connectivity index is 1.97. The number of hydrogen-bond donors (Lipinski definition) is 1. The van der Waals surface area contributed by atoms with Crippen LogP contribution in [0, 0.1) is 0 Å². The number of ether oxygens (including phenoxy) is 1. The molecule has 1 aromatic heterocycles. The van der Waals surface area contributed by atoms with Crippen molar-refractivity contribution < 1.29 is 17.9 Å². The molecule has 2 atom stereocenters. The minimum atomic E-state index is -2.80. The number of rotatable bonds is 6. The third-order valence-electron chi connectivity index (χ3n) is 3.08. The van der Waals surface area contributed by atoms with E-state index < -0.39 is 6.61 Å². The molecule has 0 saturated carbocycles. The second kappa shape index (κ2) is 6.52. The molecular weight excluding hydrogens is 264 g/mol. The maximum Gasteiger partial charge on any atom is 0.387 e. The van der Waals surface area contributed by atoms with Gasteiger partial charge in [-0.15, -0.1) is 0 Å². The van der Waals surface area contributed by atoms with Gasteiger partial charge in [-0.1, -0.05) is 12.1 Å². The zero-order valence-electron chi connectivity index (χ0n) is 11.3. The fourth-order valence-electron chi connectivity index (χ4n) is 2.03. The predicted octanol–water partition coefficient (Wildman–Crippen LogP) is 4.29. The van der Waals surface area contributed by atoms with Gasteiger partial charge in [0.25, 0.3) is 0 Å². The first kappa shape index (κ1) is 14.5. The summed E-state index contributed by atoms with van der Waals surface area (Å²) in [5.41, 5.74) is 0.991. The molecule has 0 fully saturated rings. The van der Waals surface area contributed by atoms with Crippen LogP contribution in [0.5, 0.6) is 5.75 Å². The highest BCUT2D eigenvalue weighted by atomic mass is 19.3. The van der Waals surface area contributed by atoms with E-state index in [1.165, 1.54) is 12.1 Å². The summed E-state index contributed by atoms with van der Waals surface area (Å²) in [6, 6.07) is 10.5. The topological polar surface area (TPSA) is 34.4 Å². The summed E-state index contributed by atoms with van der Waals surface area (Å²) in [6.07, 6.45) is 1.63. The Bertz CT molecular complexity index is 511. The number of hydrogen-bond acceptors (Lipinski definition) is 3. The minimum Gasteiger partial charge on any atom is -0.468 e. The second-order valence-electron chi connectivity index (χ2n) is 4.57. The van der Waals surface area contributed by atoms with E-state index in [4.69, 9.17) is 4.42 Å². The van der Waals surface area contributed by atoms with Crippen LogP contribution in [0.15, 0.2) is 47.1 Å². The Hall–Kier alpha value is -1.88. The predicted molar refractivity (Wildman–Crippen MR) is 71.7 cm³/mol. The Kier molecular flexibility index (Phi) is 4.74. The van der Waals surface area contributed by atoms with Gasteiger partial charge in [0, 0.05) is 6.04 Å². The molecule has 0 saturated heterocycles. The zero-order valence-corrected chi connectivity index (χ0v) is 11.3. The molecule has 1 unspecified atom stereocenters. The van der Waals surface area contributed by atoms with E-state index >= 15 is 0 Å². The molecular formula is C15H17F2NO2. The maximum absolute atomic E-state index is 12.1. The third-order valence-corrected chi connectivity index (χ3v) is 3.08. The summed E-state index contributed by atoms with van der Waals surface area (Å²) in [5.74, 6) is 1.02. The Morgan fingerprint density at radius 1 is 1.05 bits per heavy atom. The Labute approximate surface area is 116 Å². The summed E-state index contributed by atoms with van der Waals surface area (Å²) in [4.78, 5) is 0. The molecule has 0 amide bonds. The van der Waals surface area contributed by atoms with E-state index in [1.807, 2.05) is 26.0 Å². The molecule has 0 aliphatic heterocycles. The number of furan rings is 1. The summed E-state index contributed by atoms with van der Waals surface area (Å²) in [7, 11) is 0. The molecule has 2 rings (SSSR count). The standard InChI is InChI=1S/C15H17F2NO2/c1-10(18-11(2)14-4-3-9-19-14)12-5-7-13(8-6-12)20-15(16)17/h3-11,15,18H,1-2H3/t10?,11-/m0/s1. The molecule has 0 spiro atoms. The lowest BCUT2D eigenvalue weighted by molar-refractivity contribution is -0.0498. The maximum atomic E-state index is 12.1. The molecule has 0 radical (unpaired) electrons. The molecule has 3 nitrogen and oxygen atoms in total. The van der Waals surface area contributed by atoms with Gasteiger partial charge >= 0.3 is 6.61 Å². The molecule has 5 heteroatoms. The molecule has 0 aliphatic carbocycles. The smallest absolute Gasteiger partial charge is 0.387 e. The van der Waals surface area contributed by atoms with Gasteiger partial charge in [0.05, 0.1) is 12.3 Å². The van der Waals surface area contributed by atoms with Crippen molar-refractivity contribution in [1.29, 1.82) is 0 Å². The van der Waals surface area contributed by atoms with Crippen LogP contribution in [0.3, 0.4) is 0 Å². The van der Waals surface area contributed by atoms with Crippen LogP contribution in [0.1, 0.15) is 37.3 Å². The number of nitrogens with one attached hydrogen (secondary N) is 1. The first-order chi connectivity index (χ1) is 9.56. The third kappa shape index (κ3) is 3.81. The van der Waals surface area contributed by atoms with Crippen molar-refractivity contribution in [3.63, 3.8) is 0 Å². The van der Waals surface area contributed by atoms with Crippen molar-refractivity contribution in [1.82, 2.24) is 5.32 Å². The fraction of sp³-hybridized carbons (Fsp3) is 0.333. The van der Waals surface area contributed by atoms with Gasteiger partial charge in [0.15, 0.2) is 0 Å². The molecule has 1 aromatic carbocycles. The van der Waals surface area contributed by atoms with Gasteiger partial charge in [0.2, 0.25) is 0 Å². The SMILES string of the molecule is CC(N[C@@H](C)c1ccco1)c1ccc(OC(F)F)cc1. The van der Waals surface area contributed by atoms with Crippen LogP contribution in [0.25, 0.3) is 0 Å². The van der Waals surface area contributed by atoms with Crippen molar-refractivity contribution in [3.05, 3.63) is 54.0 Å². The highest BCUT2D eigenvalue weighted by Crippen LogP contribution is 2.22. The van der Waals surface area contributed by atoms with Gasteiger partial charge < -0.3 is 14.5 Å². The van der Waals surface area contributed by atoms with Crippen LogP contribution in [0.4, 0.5) is 8.78 Å². The summed E-state index contributed by atoms with van der Waals surface area (Å²) < 4.78 is 33.8. The average molecular weight is 281 g/mol. The molecule has 2 aromatic rings. The molecule has 1 N–H and O–H groups in total. The number of alkyl halides is 2. The van der Waals surface area contributed by atoms with Gasteiger partial charge in [-0.25, -0.2) is 0 Å². The lowest BCUT2D eigenvalue weighted by Crippen LogP contribution is -2.22. The molecule has 20 heavy (non-hydrogen) atoms. The van der Waals surface area contributed by atoms with Gasteiger partial charge in [-0.2, -0.15) is 8.78 Å². The van der Waals surface area contributed by atoms with Crippen molar-refractivity contribution in [2.24, 2.45) is 0 Å². The van der Waals surface area contributed by atoms with E-state index in [0.717, 1.165) is 11.3 Å². The first-order valence-electron chi connectivity index (χ1n) is 6.40. The lowest BCUT2D eigenvalue weighted by Gasteiger charge is -2.19. The van der Waals surface area contributed by atoms with E-state index in [1.54, 1.807) is 18.4 Å². The van der Waals surface area contributed by atoms with Crippen LogP contribution >= 0.6 is 0 Å². The largest absolute Gasteiger partial charge is 0.468 e. The highest BCUT2D eigenvalue weighted by Gasteiger charge is 2.13. The number of benzene rings is 1. The Morgan fingerprint density at radius 3 is 2.30 bits per heavy atom. The zero-order chi connectivity index (χ0) is 14.5. The summed E-state index contributed by atoms with van der Waals surface area (Å²) in [6.45, 7) is 1.21. The number of halogens is 2. The highest BCUT2D eigenvalue weighted by molar-refractivity contribution is 5.29. The van der Waals surface area contributed by atoms with Crippen molar-refractivity contribution in [2.75, 3.05) is 0 Å². The van der Waals surface area contributed by atoms with Crippen LogP contribution in [-0.4, -0.2) is 6.61 Å². The lowest BCUT2D eigenvalue weighted by atomic mass is 10.1. The molecule has 1 heterocycles. The van der Waals surface area contributed by atoms with Gasteiger partial charge in [-0.05, 0) is 43.7 Å². The monoisotopic (exact) mass is 281 g/mol. The average Bonchev–Trinajstić information content (AvgIpc) is 2.92. The van der Waals surface area contributed by atoms with Crippen molar-refractivity contribution >= 4 is 0 Å². The van der Waals surface area contributed by atoms with E-state index in [2.05, 4.69) is 10.1 Å². The van der Waals surface area contributed by atoms with Crippen molar-refractivity contribution in [2.45, 2.75) is 32.5 Å². The summed E-state index contributed by atoms with van der Waals surface area (Å²) in [5, 5.41) is 3.38. The quantitative estimate of drug-likeness (QED) is 0.857. The molecule has 0 bridgehead atoms. The molecule has 0 aliphatic rings. The van der Waals surface area contributed by atoms with E-state index in [-0.39, 0.29) is 17.8 Å². The molecule has 108 valence electrons. The first-order valence-corrected chi connectivity index (χ1v) is 6.40. The normalized spacial score (nSPS) is 14.2. The minimum absolute atomic E-state index is 0.0655. The van der Waals surface area contributed by atoms with Crippen LogP contribution < -0.4 is 10.1 Å². The van der Waals surface area contributed by atoms with Gasteiger partial charge in [0.1, 0.15) is 11.5 Å². The second-order valence-corrected chi connectivity index (χ2v) is 4.57. The summed E-state index contributed by atoms with van der Waals surface area (Å²) >= 11 is 0. The van der Waals surface area contributed by atoms with Crippen LogP contribution in [-0.2, 0) is 0 Å². The van der Waals surface area contributed by atoms with Crippen LogP contribution in [0.2, 0.25) is 0 Å². The van der Waals surface area contributed by atoms with E-state index in [0.29, 0.717) is 0 Å². The van der Waals surface area contributed by atoms with E-state index in [9.17, 15) is 8.78 Å². The van der Waals surface area contributed by atoms with Gasteiger partial charge in [-0.3, -0.25) is 0 Å². The Morgan fingerprint density at radius 2 is 1.75 bits per heavy atom. The fourth-order valence-corrected chi connectivity index (χ4v) is 2.03. The van der Waals surface area contributed by atoms with Crippen molar-refractivity contribution in [3.8, 4) is 5.75 Å².